The van der Waals surface area contributed by atoms with Crippen LogP contribution in [0, 0.1) is 0 Å². The highest BCUT2D eigenvalue weighted by Gasteiger charge is 2.14. The van der Waals surface area contributed by atoms with Gasteiger partial charge in [0.05, 0.1) is 0 Å². The van der Waals surface area contributed by atoms with Gasteiger partial charge >= 0.3 is 0 Å². The molecule has 1 aromatic rings. The summed E-state index contributed by atoms with van der Waals surface area (Å²) in [6.07, 6.45) is 2.75. The normalized spacial score (nSPS) is 11.6. The van der Waals surface area contributed by atoms with Crippen LogP contribution in [-0.4, -0.2) is 27.1 Å². The van der Waals surface area contributed by atoms with Gasteiger partial charge in [0.25, 0.3) is 10.0 Å². The molecule has 0 unspecified atom stereocenters. The molecule has 0 aliphatic rings. The molecule has 2 N–H and O–H groups in total. The SMILES string of the molecule is COCCCc1cccnc1S(N)(=O)=O. The van der Waals surface area contributed by atoms with E-state index in [2.05, 4.69) is 4.98 Å². The lowest BCUT2D eigenvalue weighted by Crippen LogP contribution is -2.16. The van der Waals surface area contributed by atoms with E-state index in [-0.39, 0.29) is 5.03 Å². The summed E-state index contributed by atoms with van der Waals surface area (Å²) in [4.78, 5) is 3.77. The van der Waals surface area contributed by atoms with Crippen LogP contribution in [0.3, 0.4) is 0 Å². The second-order valence-electron chi connectivity index (χ2n) is 3.11. The van der Waals surface area contributed by atoms with Gasteiger partial charge in [0.15, 0.2) is 5.03 Å². The largest absolute Gasteiger partial charge is 0.385 e. The summed E-state index contributed by atoms with van der Waals surface area (Å²) in [5.41, 5.74) is 0.636. The molecular formula is C9H14N2O3S. The highest BCUT2D eigenvalue weighted by molar-refractivity contribution is 7.89. The summed E-state index contributed by atoms with van der Waals surface area (Å²) in [6.45, 7) is 0.582. The number of primary sulfonamides is 1. The predicted molar refractivity (Wildman–Crippen MR) is 55.8 cm³/mol. The highest BCUT2D eigenvalue weighted by Crippen LogP contribution is 2.12. The number of hydrogen-bond acceptors (Lipinski definition) is 4. The fourth-order valence-electron chi connectivity index (χ4n) is 1.28. The maximum Gasteiger partial charge on any atom is 0.255 e. The molecule has 0 aliphatic carbocycles. The van der Waals surface area contributed by atoms with Gasteiger partial charge in [-0.2, -0.15) is 0 Å². The summed E-state index contributed by atoms with van der Waals surface area (Å²) in [6, 6.07) is 3.40. The summed E-state index contributed by atoms with van der Waals surface area (Å²) in [5.74, 6) is 0. The summed E-state index contributed by atoms with van der Waals surface area (Å²) < 4.78 is 27.2. The van der Waals surface area contributed by atoms with Crippen molar-refractivity contribution >= 4 is 10.0 Å². The molecule has 0 saturated carbocycles. The third kappa shape index (κ3) is 3.58. The molecule has 1 rings (SSSR count). The van der Waals surface area contributed by atoms with Crippen molar-refractivity contribution < 1.29 is 13.2 Å². The molecule has 6 heteroatoms. The highest BCUT2D eigenvalue weighted by atomic mass is 32.2. The van der Waals surface area contributed by atoms with Crippen LogP contribution in [0.4, 0.5) is 0 Å². The Morgan fingerprint density at radius 3 is 2.87 bits per heavy atom. The van der Waals surface area contributed by atoms with E-state index in [9.17, 15) is 8.42 Å². The number of aromatic nitrogens is 1. The van der Waals surface area contributed by atoms with Crippen LogP contribution in [0.15, 0.2) is 23.4 Å². The number of methoxy groups -OCH3 is 1. The maximum atomic E-state index is 11.2. The summed E-state index contributed by atoms with van der Waals surface area (Å²) in [7, 11) is -2.12. The molecule has 0 atom stereocenters. The van der Waals surface area contributed by atoms with Gasteiger partial charge in [-0.1, -0.05) is 6.07 Å². The van der Waals surface area contributed by atoms with E-state index < -0.39 is 10.0 Å². The van der Waals surface area contributed by atoms with Crippen LogP contribution >= 0.6 is 0 Å². The number of ether oxygens (including phenoxy) is 1. The van der Waals surface area contributed by atoms with Crippen LogP contribution in [0.25, 0.3) is 0 Å². The number of hydrogen-bond donors (Lipinski definition) is 1. The van der Waals surface area contributed by atoms with Crippen LogP contribution in [0.2, 0.25) is 0 Å². The van der Waals surface area contributed by atoms with Gasteiger partial charge in [-0.05, 0) is 24.5 Å². The van der Waals surface area contributed by atoms with Crippen LogP contribution in [0.1, 0.15) is 12.0 Å². The van der Waals surface area contributed by atoms with Crippen molar-refractivity contribution in [3.63, 3.8) is 0 Å². The summed E-state index contributed by atoms with van der Waals surface area (Å²) in [5, 5.41) is 5.00. The molecule has 0 aromatic carbocycles. The average Bonchev–Trinajstić information content (AvgIpc) is 2.17. The average molecular weight is 230 g/mol. The molecule has 1 aromatic heterocycles. The number of nitrogens with two attached hydrogens (primary N) is 1. The van der Waals surface area contributed by atoms with Gasteiger partial charge in [-0.3, -0.25) is 0 Å². The van der Waals surface area contributed by atoms with Crippen LogP contribution in [-0.2, 0) is 21.2 Å². The molecule has 0 fully saturated rings. The number of aryl methyl sites for hydroxylation is 1. The Bertz CT molecular complexity index is 417. The zero-order chi connectivity index (χ0) is 11.3. The Balaban J connectivity index is 2.88. The smallest absolute Gasteiger partial charge is 0.255 e. The monoisotopic (exact) mass is 230 g/mol. The Morgan fingerprint density at radius 2 is 2.27 bits per heavy atom. The minimum absolute atomic E-state index is 0.0406. The Labute approximate surface area is 89.3 Å². The van der Waals surface area contributed by atoms with Gasteiger partial charge in [0.1, 0.15) is 0 Å². The fourth-order valence-corrected chi connectivity index (χ4v) is 2.02. The van der Waals surface area contributed by atoms with Gasteiger partial charge < -0.3 is 4.74 Å². The second-order valence-corrected chi connectivity index (χ2v) is 4.59. The molecule has 0 spiro atoms. The van der Waals surface area contributed by atoms with Gasteiger partial charge in [0.2, 0.25) is 0 Å². The van der Waals surface area contributed by atoms with E-state index in [0.717, 1.165) is 6.42 Å². The molecule has 5 nitrogen and oxygen atoms in total. The number of pyridine rings is 1. The fraction of sp³-hybridized carbons (Fsp3) is 0.444. The third-order valence-electron chi connectivity index (χ3n) is 1.91. The Kier molecular flexibility index (Phi) is 4.19. The molecule has 0 bridgehead atoms. The van der Waals surface area contributed by atoms with E-state index in [0.29, 0.717) is 18.6 Å². The Hall–Kier alpha value is -0.980. The number of rotatable bonds is 5. The molecule has 84 valence electrons. The van der Waals surface area contributed by atoms with Crippen molar-refractivity contribution in [3.8, 4) is 0 Å². The quantitative estimate of drug-likeness (QED) is 0.738. The minimum atomic E-state index is -3.72. The molecule has 15 heavy (non-hydrogen) atoms. The van der Waals surface area contributed by atoms with Crippen molar-refractivity contribution in [2.24, 2.45) is 5.14 Å². The first-order chi connectivity index (χ1) is 7.05. The van der Waals surface area contributed by atoms with Crippen molar-refractivity contribution in [1.82, 2.24) is 4.98 Å². The van der Waals surface area contributed by atoms with E-state index >= 15 is 0 Å². The van der Waals surface area contributed by atoms with Crippen molar-refractivity contribution in [1.29, 1.82) is 0 Å². The molecular weight excluding hydrogens is 216 g/mol. The van der Waals surface area contributed by atoms with Gasteiger partial charge in [-0.25, -0.2) is 18.5 Å². The zero-order valence-corrected chi connectivity index (χ0v) is 9.33. The van der Waals surface area contributed by atoms with Crippen LogP contribution in [0.5, 0.6) is 0 Å². The van der Waals surface area contributed by atoms with Crippen molar-refractivity contribution in [2.45, 2.75) is 17.9 Å². The van der Waals surface area contributed by atoms with Crippen LogP contribution < -0.4 is 5.14 Å². The minimum Gasteiger partial charge on any atom is -0.385 e. The molecule has 0 aliphatic heterocycles. The van der Waals surface area contributed by atoms with Crippen molar-refractivity contribution in [2.75, 3.05) is 13.7 Å². The number of sulfonamides is 1. The predicted octanol–water partition coefficient (Wildman–Crippen LogP) is 0.308. The standard InChI is InChI=1S/C9H14N2O3S/c1-14-7-3-5-8-4-2-6-11-9(8)15(10,12)13/h2,4,6H,3,5,7H2,1H3,(H2,10,12,13). The first kappa shape index (κ1) is 12.1. The van der Waals surface area contributed by atoms with Gasteiger partial charge in [0, 0.05) is 19.9 Å². The Morgan fingerprint density at radius 1 is 1.53 bits per heavy atom. The second kappa shape index (κ2) is 5.20. The molecule has 1 heterocycles. The van der Waals surface area contributed by atoms with E-state index in [1.54, 1.807) is 19.2 Å². The molecule has 0 radical (unpaired) electrons. The van der Waals surface area contributed by atoms with E-state index in [1.807, 2.05) is 0 Å². The molecule has 0 saturated heterocycles. The zero-order valence-electron chi connectivity index (χ0n) is 8.51. The first-order valence-corrected chi connectivity index (χ1v) is 6.06. The maximum absolute atomic E-state index is 11.2. The summed E-state index contributed by atoms with van der Waals surface area (Å²) >= 11 is 0. The molecule has 0 amide bonds. The van der Waals surface area contributed by atoms with E-state index in [4.69, 9.17) is 9.88 Å². The van der Waals surface area contributed by atoms with Crippen molar-refractivity contribution in [3.05, 3.63) is 23.9 Å². The van der Waals surface area contributed by atoms with E-state index in [1.165, 1.54) is 6.20 Å². The van der Waals surface area contributed by atoms with Gasteiger partial charge in [-0.15, -0.1) is 0 Å². The lowest BCUT2D eigenvalue weighted by atomic mass is 10.2. The lowest BCUT2D eigenvalue weighted by molar-refractivity contribution is 0.195. The lowest BCUT2D eigenvalue weighted by Gasteiger charge is -2.05. The topological polar surface area (TPSA) is 82.3 Å². The third-order valence-corrected chi connectivity index (χ3v) is 2.82. The first-order valence-electron chi connectivity index (χ1n) is 4.51. The number of nitrogens with zero attached hydrogens (tertiary/aromatic N) is 1.